The van der Waals surface area contributed by atoms with Crippen LogP contribution in [0.15, 0.2) is 53.0 Å². The van der Waals surface area contributed by atoms with E-state index in [9.17, 15) is 14.4 Å². The number of anilines is 1. The van der Waals surface area contributed by atoms with E-state index in [1.165, 1.54) is 4.90 Å². The van der Waals surface area contributed by atoms with E-state index in [1.807, 2.05) is 0 Å². The minimum Gasteiger partial charge on any atom is -0.423 e. The lowest BCUT2D eigenvalue weighted by atomic mass is 9.76. The average Bonchev–Trinajstić information content (AvgIpc) is 2.93. The zero-order chi connectivity index (χ0) is 19.8. The lowest BCUT2D eigenvalue weighted by Crippen LogP contribution is -2.30. The van der Waals surface area contributed by atoms with Crippen molar-refractivity contribution in [1.29, 1.82) is 0 Å². The van der Waals surface area contributed by atoms with Gasteiger partial charge in [-0.25, -0.2) is 4.79 Å². The summed E-state index contributed by atoms with van der Waals surface area (Å²) in [6, 6.07) is 13.4. The second-order valence-electron chi connectivity index (χ2n) is 7.53. The highest BCUT2D eigenvalue weighted by molar-refractivity contribution is 9.10. The topological polar surface area (TPSA) is 63.7 Å². The highest BCUT2D eigenvalue weighted by atomic mass is 79.9. The summed E-state index contributed by atoms with van der Waals surface area (Å²) in [5.74, 6) is -0.249. The summed E-state index contributed by atoms with van der Waals surface area (Å²) < 4.78 is 6.26. The molecule has 4 rings (SSSR count). The summed E-state index contributed by atoms with van der Waals surface area (Å²) >= 11 is 3.33. The lowest BCUT2D eigenvalue weighted by Gasteiger charge is -2.25. The van der Waals surface area contributed by atoms with Crippen LogP contribution in [0.25, 0.3) is 0 Å². The molecular weight excluding hydrogens is 422 g/mol. The number of fused-ring (bicyclic) bond motifs is 1. The van der Waals surface area contributed by atoms with Crippen LogP contribution in [0.2, 0.25) is 0 Å². The molecule has 144 valence electrons. The number of halogens is 1. The molecule has 1 saturated heterocycles. The van der Waals surface area contributed by atoms with Crippen LogP contribution in [0.5, 0.6) is 5.75 Å². The summed E-state index contributed by atoms with van der Waals surface area (Å²) in [7, 11) is 0. The van der Waals surface area contributed by atoms with Crippen LogP contribution in [0.1, 0.15) is 36.5 Å². The third-order valence-electron chi connectivity index (χ3n) is 5.57. The van der Waals surface area contributed by atoms with Crippen molar-refractivity contribution in [3.63, 3.8) is 0 Å². The zero-order valence-corrected chi connectivity index (χ0v) is 17.0. The van der Waals surface area contributed by atoms with E-state index in [4.69, 9.17) is 4.74 Å². The highest BCUT2D eigenvalue weighted by Crippen LogP contribution is 2.42. The van der Waals surface area contributed by atoms with E-state index >= 15 is 0 Å². The highest BCUT2D eigenvalue weighted by Gasteiger charge is 2.49. The van der Waals surface area contributed by atoms with Crippen molar-refractivity contribution in [2.75, 3.05) is 4.90 Å². The van der Waals surface area contributed by atoms with Crippen LogP contribution in [0, 0.1) is 17.8 Å². The van der Waals surface area contributed by atoms with Crippen LogP contribution < -0.4 is 9.64 Å². The average molecular weight is 442 g/mol. The number of esters is 1. The van der Waals surface area contributed by atoms with E-state index in [0.717, 1.165) is 23.7 Å². The fourth-order valence-electron chi connectivity index (χ4n) is 4.06. The van der Waals surface area contributed by atoms with Gasteiger partial charge in [0.25, 0.3) is 0 Å². The standard InChI is InChI=1S/C22H20BrNO4/c1-13-2-11-18-19(12-13)21(26)24(20(18)25)16-7-9-17(10-8-16)28-22(27)14-3-5-15(23)6-4-14/h3-10,13,18-19H,2,11-12H2,1H3/t13-,18+,19-/m1/s1. The van der Waals surface area contributed by atoms with Gasteiger partial charge in [-0.1, -0.05) is 22.9 Å². The third-order valence-corrected chi connectivity index (χ3v) is 6.10. The Morgan fingerprint density at radius 1 is 0.964 bits per heavy atom. The minimum absolute atomic E-state index is 0.110. The van der Waals surface area contributed by atoms with E-state index in [0.29, 0.717) is 22.9 Å². The van der Waals surface area contributed by atoms with Crippen molar-refractivity contribution in [1.82, 2.24) is 0 Å². The number of rotatable bonds is 3. The number of carbonyl (C=O) groups is 3. The van der Waals surface area contributed by atoms with Gasteiger partial charge in [0.15, 0.2) is 0 Å². The summed E-state index contributed by atoms with van der Waals surface area (Å²) in [5, 5.41) is 0. The van der Waals surface area contributed by atoms with E-state index in [-0.39, 0.29) is 23.7 Å². The molecule has 2 aromatic carbocycles. The Kier molecular flexibility index (Phi) is 5.06. The molecule has 5 nitrogen and oxygen atoms in total. The molecule has 28 heavy (non-hydrogen) atoms. The number of hydrogen-bond acceptors (Lipinski definition) is 4. The first-order chi connectivity index (χ1) is 13.4. The van der Waals surface area contributed by atoms with Crippen molar-refractivity contribution in [3.05, 3.63) is 58.6 Å². The largest absolute Gasteiger partial charge is 0.423 e. The zero-order valence-electron chi connectivity index (χ0n) is 15.4. The van der Waals surface area contributed by atoms with Gasteiger partial charge < -0.3 is 4.74 Å². The molecule has 0 N–H and O–H groups in total. The predicted molar refractivity (Wildman–Crippen MR) is 108 cm³/mol. The second kappa shape index (κ2) is 7.51. The SMILES string of the molecule is C[C@@H]1CC[C@@H]2C(=O)N(c3ccc(OC(=O)c4ccc(Br)cc4)cc3)C(=O)[C@@H]2C1. The third kappa shape index (κ3) is 3.49. The Bertz CT molecular complexity index is 923. The number of hydrogen-bond donors (Lipinski definition) is 0. The maximum Gasteiger partial charge on any atom is 0.343 e. The minimum atomic E-state index is -0.464. The molecule has 0 spiro atoms. The van der Waals surface area contributed by atoms with Crippen molar-refractivity contribution in [2.45, 2.75) is 26.2 Å². The number of carbonyl (C=O) groups excluding carboxylic acids is 3. The number of nitrogens with zero attached hydrogens (tertiary/aromatic N) is 1. The molecule has 2 fully saturated rings. The molecule has 3 atom stereocenters. The smallest absolute Gasteiger partial charge is 0.343 e. The van der Waals surface area contributed by atoms with Crippen LogP contribution in [-0.4, -0.2) is 17.8 Å². The fourth-order valence-corrected chi connectivity index (χ4v) is 4.32. The molecule has 2 aromatic rings. The fraction of sp³-hybridized carbons (Fsp3) is 0.318. The van der Waals surface area contributed by atoms with E-state index < -0.39 is 5.97 Å². The van der Waals surface area contributed by atoms with Crippen LogP contribution in [0.4, 0.5) is 5.69 Å². The lowest BCUT2D eigenvalue weighted by molar-refractivity contribution is -0.122. The van der Waals surface area contributed by atoms with Gasteiger partial charge in [0.1, 0.15) is 5.75 Å². The molecule has 0 radical (unpaired) electrons. The van der Waals surface area contributed by atoms with Gasteiger partial charge in [0.2, 0.25) is 11.8 Å². The van der Waals surface area contributed by atoms with Gasteiger partial charge >= 0.3 is 5.97 Å². The van der Waals surface area contributed by atoms with E-state index in [2.05, 4.69) is 22.9 Å². The number of imide groups is 1. The van der Waals surface area contributed by atoms with Gasteiger partial charge in [-0.05, 0) is 73.7 Å². The number of amides is 2. The first kappa shape index (κ1) is 18.9. The molecule has 0 bridgehead atoms. The number of ether oxygens (including phenoxy) is 1. The summed E-state index contributed by atoms with van der Waals surface area (Å²) in [5.41, 5.74) is 0.968. The molecule has 0 aromatic heterocycles. The quantitative estimate of drug-likeness (QED) is 0.396. The molecule has 1 aliphatic heterocycles. The van der Waals surface area contributed by atoms with Crippen molar-refractivity contribution in [2.24, 2.45) is 17.8 Å². The maximum atomic E-state index is 12.8. The van der Waals surface area contributed by atoms with Crippen molar-refractivity contribution < 1.29 is 19.1 Å². The normalized spacial score (nSPS) is 24.2. The molecule has 2 amide bonds. The molecule has 6 heteroatoms. The van der Waals surface area contributed by atoms with Crippen LogP contribution in [0.3, 0.4) is 0 Å². The van der Waals surface area contributed by atoms with Gasteiger partial charge in [-0.15, -0.1) is 0 Å². The van der Waals surface area contributed by atoms with E-state index in [1.54, 1.807) is 48.5 Å². The molecule has 0 unspecified atom stereocenters. The van der Waals surface area contributed by atoms with Gasteiger partial charge in [-0.2, -0.15) is 0 Å². The first-order valence-corrected chi connectivity index (χ1v) is 10.2. The Morgan fingerprint density at radius 2 is 1.61 bits per heavy atom. The molecule has 1 aliphatic carbocycles. The molecule has 1 saturated carbocycles. The monoisotopic (exact) mass is 441 g/mol. The predicted octanol–water partition coefficient (Wildman–Crippen LogP) is 4.59. The Hall–Kier alpha value is -2.47. The number of benzene rings is 2. The summed E-state index contributed by atoms with van der Waals surface area (Å²) in [6.45, 7) is 2.13. The molecular formula is C22H20BrNO4. The van der Waals surface area contributed by atoms with Crippen LogP contribution in [-0.2, 0) is 9.59 Å². The Morgan fingerprint density at radius 3 is 2.29 bits per heavy atom. The van der Waals surface area contributed by atoms with Crippen molar-refractivity contribution in [3.8, 4) is 5.75 Å². The Balaban J connectivity index is 1.49. The van der Waals surface area contributed by atoms with Gasteiger partial charge in [-0.3, -0.25) is 14.5 Å². The van der Waals surface area contributed by atoms with Gasteiger partial charge in [0, 0.05) is 4.47 Å². The Labute approximate surface area is 171 Å². The molecule has 2 aliphatic rings. The summed E-state index contributed by atoms with van der Waals surface area (Å²) in [6.07, 6.45) is 2.53. The molecule has 1 heterocycles. The van der Waals surface area contributed by atoms with Crippen molar-refractivity contribution >= 4 is 39.4 Å². The van der Waals surface area contributed by atoms with Crippen LogP contribution >= 0.6 is 15.9 Å². The maximum absolute atomic E-state index is 12.8. The summed E-state index contributed by atoms with van der Waals surface area (Å²) in [4.78, 5) is 39.1. The van der Waals surface area contributed by atoms with Gasteiger partial charge in [0.05, 0.1) is 23.1 Å². The first-order valence-electron chi connectivity index (χ1n) is 9.39. The second-order valence-corrected chi connectivity index (χ2v) is 8.45.